The normalized spacial score (nSPS) is 10.5. The molecule has 0 aliphatic carbocycles. The highest BCUT2D eigenvalue weighted by molar-refractivity contribution is 5.96. The van der Waals surface area contributed by atoms with Crippen molar-refractivity contribution in [2.24, 2.45) is 0 Å². The Balaban J connectivity index is 1.53. The Morgan fingerprint density at radius 1 is 0.833 bits per heavy atom. The van der Waals surface area contributed by atoms with Crippen molar-refractivity contribution in [3.63, 3.8) is 0 Å². The van der Waals surface area contributed by atoms with E-state index < -0.39 is 11.9 Å². The van der Waals surface area contributed by atoms with Gasteiger partial charge in [-0.3, -0.25) is 4.79 Å². The summed E-state index contributed by atoms with van der Waals surface area (Å²) in [7, 11) is 0. The van der Waals surface area contributed by atoms with Gasteiger partial charge in [0.1, 0.15) is 5.75 Å². The summed E-state index contributed by atoms with van der Waals surface area (Å²) in [4.78, 5) is 24.3. The highest BCUT2D eigenvalue weighted by Crippen LogP contribution is 2.27. The predicted octanol–water partition coefficient (Wildman–Crippen LogP) is 5.04. The van der Waals surface area contributed by atoms with Crippen molar-refractivity contribution in [3.05, 3.63) is 84.4 Å². The van der Waals surface area contributed by atoms with Crippen LogP contribution in [0.25, 0.3) is 11.1 Å². The van der Waals surface area contributed by atoms with E-state index in [1.807, 2.05) is 78.9 Å². The van der Waals surface area contributed by atoms with E-state index in [1.54, 1.807) is 0 Å². The summed E-state index contributed by atoms with van der Waals surface area (Å²) < 4.78 is 10.6. The molecular weight excluding hydrogens is 378 g/mol. The van der Waals surface area contributed by atoms with Crippen molar-refractivity contribution in [2.75, 3.05) is 18.5 Å². The Morgan fingerprint density at radius 3 is 2.27 bits per heavy atom. The Morgan fingerprint density at radius 2 is 1.50 bits per heavy atom. The van der Waals surface area contributed by atoms with Gasteiger partial charge in [0.2, 0.25) is 0 Å². The lowest BCUT2D eigenvalue weighted by molar-refractivity contribution is -0.149. The molecule has 3 aromatic carbocycles. The van der Waals surface area contributed by atoms with Crippen LogP contribution in [0.15, 0.2) is 78.9 Å². The zero-order valence-electron chi connectivity index (χ0n) is 17.1. The van der Waals surface area contributed by atoms with Gasteiger partial charge in [0.15, 0.2) is 13.2 Å². The van der Waals surface area contributed by atoms with Crippen LogP contribution in [0.5, 0.6) is 5.75 Å². The lowest BCUT2D eigenvalue weighted by Gasteiger charge is -2.14. The first-order chi connectivity index (χ1) is 14.5. The summed E-state index contributed by atoms with van der Waals surface area (Å²) in [5.74, 6) is -0.0901. The number of esters is 1. The van der Waals surface area contributed by atoms with Crippen molar-refractivity contribution < 1.29 is 19.1 Å². The first kappa shape index (κ1) is 21.1. The number of hydrogen-bond donors (Lipinski definition) is 1. The molecule has 0 atom stereocenters. The van der Waals surface area contributed by atoms with Crippen LogP contribution >= 0.6 is 0 Å². The number of rotatable bonds is 8. The van der Waals surface area contributed by atoms with Crippen molar-refractivity contribution >= 4 is 17.6 Å². The molecule has 0 aromatic heterocycles. The van der Waals surface area contributed by atoms with Gasteiger partial charge in [-0.2, -0.15) is 0 Å². The van der Waals surface area contributed by atoms with Gasteiger partial charge >= 0.3 is 5.97 Å². The molecule has 1 amide bonds. The topological polar surface area (TPSA) is 64.6 Å². The highest BCUT2D eigenvalue weighted by atomic mass is 16.6. The van der Waals surface area contributed by atoms with Crippen LogP contribution < -0.4 is 10.1 Å². The van der Waals surface area contributed by atoms with Gasteiger partial charge in [-0.25, -0.2) is 4.79 Å². The van der Waals surface area contributed by atoms with Gasteiger partial charge in [-0.1, -0.05) is 80.6 Å². The summed E-state index contributed by atoms with van der Waals surface area (Å²) >= 11 is 0. The van der Waals surface area contributed by atoms with Gasteiger partial charge in [0.25, 0.3) is 5.91 Å². The molecule has 30 heavy (non-hydrogen) atoms. The van der Waals surface area contributed by atoms with Crippen LogP contribution in [0.4, 0.5) is 5.69 Å². The largest absolute Gasteiger partial charge is 0.482 e. The molecule has 3 aromatic rings. The van der Waals surface area contributed by atoms with Crippen molar-refractivity contribution in [1.29, 1.82) is 0 Å². The molecular formula is C25H25NO4. The molecule has 0 fully saturated rings. The lowest BCUT2D eigenvalue weighted by atomic mass is 10.0. The molecule has 0 aliphatic heterocycles. The number of ether oxygens (including phenoxy) is 2. The van der Waals surface area contributed by atoms with Crippen molar-refractivity contribution in [2.45, 2.75) is 19.8 Å². The van der Waals surface area contributed by atoms with E-state index in [9.17, 15) is 9.59 Å². The Labute approximate surface area is 176 Å². The number of amides is 1. The minimum atomic E-state index is -0.597. The van der Waals surface area contributed by atoms with Gasteiger partial charge in [-0.05, 0) is 29.2 Å². The van der Waals surface area contributed by atoms with Crippen molar-refractivity contribution in [1.82, 2.24) is 0 Å². The van der Waals surface area contributed by atoms with Crippen LogP contribution in [-0.4, -0.2) is 25.1 Å². The standard InChI is InChI=1S/C25H25NO4/c1-18(2)20-12-7-9-15-23(20)29-17-25(28)30-16-24(27)26-22-14-8-6-13-21(22)19-10-4-3-5-11-19/h3-15,18H,16-17H2,1-2H3,(H,26,27). The van der Waals surface area contributed by atoms with Gasteiger partial charge in [-0.15, -0.1) is 0 Å². The molecule has 5 heteroatoms. The maximum absolute atomic E-state index is 12.3. The number of carbonyl (C=O) groups excluding carboxylic acids is 2. The molecule has 154 valence electrons. The molecule has 5 nitrogen and oxygen atoms in total. The van der Waals surface area contributed by atoms with E-state index in [-0.39, 0.29) is 19.1 Å². The lowest BCUT2D eigenvalue weighted by Crippen LogP contribution is -2.24. The number of benzene rings is 3. The molecule has 0 radical (unpaired) electrons. The quantitative estimate of drug-likeness (QED) is 0.535. The molecule has 3 rings (SSSR count). The first-order valence-corrected chi connectivity index (χ1v) is 9.86. The second-order valence-electron chi connectivity index (χ2n) is 7.10. The molecule has 1 N–H and O–H groups in total. The molecule has 0 saturated heterocycles. The maximum atomic E-state index is 12.3. The third-order valence-corrected chi connectivity index (χ3v) is 4.54. The molecule has 0 saturated carbocycles. The summed E-state index contributed by atoms with van der Waals surface area (Å²) in [6.45, 7) is 3.48. The fraction of sp³-hybridized carbons (Fsp3) is 0.200. The zero-order valence-corrected chi connectivity index (χ0v) is 17.1. The third-order valence-electron chi connectivity index (χ3n) is 4.54. The van der Waals surface area contributed by atoms with Crippen molar-refractivity contribution in [3.8, 4) is 16.9 Å². The number of para-hydroxylation sites is 2. The molecule has 0 bridgehead atoms. The van der Waals surface area contributed by atoms with E-state index in [4.69, 9.17) is 9.47 Å². The predicted molar refractivity (Wildman–Crippen MR) is 117 cm³/mol. The van der Waals surface area contributed by atoms with E-state index >= 15 is 0 Å². The van der Waals surface area contributed by atoms with Gasteiger partial charge in [0.05, 0.1) is 0 Å². The minimum absolute atomic E-state index is 0.252. The maximum Gasteiger partial charge on any atom is 0.344 e. The second-order valence-corrected chi connectivity index (χ2v) is 7.10. The number of hydrogen-bond acceptors (Lipinski definition) is 4. The zero-order chi connectivity index (χ0) is 21.3. The average molecular weight is 403 g/mol. The minimum Gasteiger partial charge on any atom is -0.482 e. The number of carbonyl (C=O) groups is 2. The Hall–Kier alpha value is -3.60. The summed E-state index contributed by atoms with van der Waals surface area (Å²) in [6, 6.07) is 24.8. The fourth-order valence-electron chi connectivity index (χ4n) is 3.06. The van der Waals surface area contributed by atoms with Crippen LogP contribution in [0, 0.1) is 0 Å². The van der Waals surface area contributed by atoms with Gasteiger partial charge in [0, 0.05) is 11.3 Å². The average Bonchev–Trinajstić information content (AvgIpc) is 2.77. The highest BCUT2D eigenvalue weighted by Gasteiger charge is 2.13. The first-order valence-electron chi connectivity index (χ1n) is 9.86. The summed E-state index contributed by atoms with van der Waals surface area (Å²) in [5.41, 5.74) is 3.56. The monoisotopic (exact) mass is 403 g/mol. The summed E-state index contributed by atoms with van der Waals surface area (Å²) in [5, 5.41) is 2.81. The van der Waals surface area contributed by atoms with E-state index in [0.717, 1.165) is 16.7 Å². The Bertz CT molecular complexity index is 999. The number of nitrogens with one attached hydrogen (secondary N) is 1. The van der Waals surface area contributed by atoms with E-state index in [1.165, 1.54) is 0 Å². The smallest absolute Gasteiger partial charge is 0.344 e. The Kier molecular flexibility index (Phi) is 7.22. The SMILES string of the molecule is CC(C)c1ccccc1OCC(=O)OCC(=O)Nc1ccccc1-c1ccccc1. The van der Waals surface area contributed by atoms with E-state index in [0.29, 0.717) is 11.4 Å². The van der Waals surface area contributed by atoms with E-state index in [2.05, 4.69) is 19.2 Å². The van der Waals surface area contributed by atoms with Crippen LogP contribution in [0.1, 0.15) is 25.3 Å². The summed E-state index contributed by atoms with van der Waals surface area (Å²) in [6.07, 6.45) is 0. The van der Waals surface area contributed by atoms with Crippen LogP contribution in [-0.2, 0) is 14.3 Å². The number of anilines is 1. The van der Waals surface area contributed by atoms with Gasteiger partial charge < -0.3 is 14.8 Å². The third kappa shape index (κ3) is 5.70. The van der Waals surface area contributed by atoms with Crippen LogP contribution in [0.2, 0.25) is 0 Å². The fourth-order valence-corrected chi connectivity index (χ4v) is 3.06. The molecule has 0 spiro atoms. The molecule has 0 heterocycles. The molecule has 0 aliphatic rings. The van der Waals surface area contributed by atoms with Crippen LogP contribution in [0.3, 0.4) is 0 Å². The molecule has 0 unspecified atom stereocenters. The second kappa shape index (κ2) is 10.3.